The molecular weight excluding hydrogens is 250 g/mol. The maximum Gasteiger partial charge on any atom is 0.0701 e. The zero-order valence-corrected chi connectivity index (χ0v) is 11.9. The highest BCUT2D eigenvalue weighted by Crippen LogP contribution is 2.19. The lowest BCUT2D eigenvalue weighted by Gasteiger charge is -2.09. The molecule has 0 aliphatic heterocycles. The second-order valence-electron chi connectivity index (χ2n) is 4.49. The van der Waals surface area contributed by atoms with Crippen molar-refractivity contribution in [2.24, 2.45) is 5.92 Å². The molecule has 18 heavy (non-hydrogen) atoms. The lowest BCUT2D eigenvalue weighted by Crippen LogP contribution is -2.13. The van der Waals surface area contributed by atoms with Crippen molar-refractivity contribution in [3.63, 3.8) is 0 Å². The summed E-state index contributed by atoms with van der Waals surface area (Å²) in [5, 5.41) is 3.96. The summed E-state index contributed by atoms with van der Waals surface area (Å²) in [5.41, 5.74) is 0.943. The summed E-state index contributed by atoms with van der Waals surface area (Å²) in [5.74, 6) is 0.576. The van der Waals surface area contributed by atoms with E-state index in [2.05, 4.69) is 19.2 Å². The first-order valence-electron chi connectivity index (χ1n) is 6.34. The number of anilines is 1. The molecule has 0 heterocycles. The van der Waals surface area contributed by atoms with Gasteiger partial charge in [0.15, 0.2) is 0 Å². The molecule has 1 aromatic carbocycles. The van der Waals surface area contributed by atoms with Crippen LogP contribution in [0, 0.1) is 5.92 Å². The van der Waals surface area contributed by atoms with Gasteiger partial charge in [-0.25, -0.2) is 0 Å². The van der Waals surface area contributed by atoms with Gasteiger partial charge in [-0.1, -0.05) is 37.6 Å². The highest BCUT2D eigenvalue weighted by Gasteiger charge is 1.97. The molecule has 4 heteroatoms. The molecule has 0 saturated carbocycles. The zero-order valence-electron chi connectivity index (χ0n) is 11.1. The molecule has 0 saturated heterocycles. The highest BCUT2D eigenvalue weighted by atomic mass is 35.5. The smallest absolute Gasteiger partial charge is 0.0701 e. The highest BCUT2D eigenvalue weighted by molar-refractivity contribution is 6.33. The quantitative estimate of drug-likeness (QED) is 0.698. The van der Waals surface area contributed by atoms with Gasteiger partial charge in [0.25, 0.3) is 0 Å². The Morgan fingerprint density at radius 2 is 1.83 bits per heavy atom. The van der Waals surface area contributed by atoms with Gasteiger partial charge in [-0.3, -0.25) is 0 Å². The summed E-state index contributed by atoms with van der Waals surface area (Å²) < 4.78 is 10.9. The monoisotopic (exact) mass is 271 g/mol. The van der Waals surface area contributed by atoms with Crippen molar-refractivity contribution in [1.82, 2.24) is 0 Å². The van der Waals surface area contributed by atoms with Gasteiger partial charge in [0.2, 0.25) is 0 Å². The lowest BCUT2D eigenvalue weighted by molar-refractivity contribution is 0.0411. The number of para-hydroxylation sites is 1. The van der Waals surface area contributed by atoms with Gasteiger partial charge in [0.05, 0.1) is 30.5 Å². The number of benzene rings is 1. The summed E-state index contributed by atoms with van der Waals surface area (Å²) in [7, 11) is 0. The Morgan fingerprint density at radius 3 is 2.56 bits per heavy atom. The molecule has 1 N–H and O–H groups in total. The third kappa shape index (κ3) is 6.84. The summed E-state index contributed by atoms with van der Waals surface area (Å²) in [6.07, 6.45) is 0. The number of hydrogen-bond donors (Lipinski definition) is 1. The third-order valence-corrected chi connectivity index (χ3v) is 2.59. The Labute approximate surface area is 114 Å². The van der Waals surface area contributed by atoms with Crippen LogP contribution >= 0.6 is 11.6 Å². The molecule has 0 aliphatic carbocycles. The van der Waals surface area contributed by atoms with Crippen molar-refractivity contribution < 1.29 is 9.47 Å². The lowest BCUT2D eigenvalue weighted by atomic mass is 10.2. The summed E-state index contributed by atoms with van der Waals surface area (Å²) in [6, 6.07) is 7.68. The summed E-state index contributed by atoms with van der Waals surface area (Å²) in [4.78, 5) is 0. The van der Waals surface area contributed by atoms with E-state index >= 15 is 0 Å². The van der Waals surface area contributed by atoms with Crippen molar-refractivity contribution in [2.75, 3.05) is 38.3 Å². The van der Waals surface area contributed by atoms with Crippen molar-refractivity contribution in [1.29, 1.82) is 0 Å². The van der Waals surface area contributed by atoms with E-state index in [1.807, 2.05) is 24.3 Å². The number of ether oxygens (including phenoxy) is 2. The Bertz CT molecular complexity index is 331. The van der Waals surface area contributed by atoms with Crippen molar-refractivity contribution in [2.45, 2.75) is 13.8 Å². The van der Waals surface area contributed by atoms with Crippen LogP contribution in [0.5, 0.6) is 0 Å². The minimum absolute atomic E-state index is 0.576. The number of rotatable bonds is 9. The van der Waals surface area contributed by atoms with Crippen molar-refractivity contribution >= 4 is 17.3 Å². The van der Waals surface area contributed by atoms with Crippen molar-refractivity contribution in [3.05, 3.63) is 29.3 Å². The number of halogens is 1. The van der Waals surface area contributed by atoms with Crippen LogP contribution in [-0.2, 0) is 9.47 Å². The first-order valence-corrected chi connectivity index (χ1v) is 6.72. The predicted molar refractivity (Wildman–Crippen MR) is 76.4 cm³/mol. The zero-order chi connectivity index (χ0) is 13.2. The fraction of sp³-hybridized carbons (Fsp3) is 0.571. The topological polar surface area (TPSA) is 30.5 Å². The van der Waals surface area contributed by atoms with E-state index in [9.17, 15) is 0 Å². The summed E-state index contributed by atoms with van der Waals surface area (Å²) in [6.45, 7) is 7.75. The molecule has 0 fully saturated rings. The van der Waals surface area contributed by atoms with Crippen LogP contribution in [-0.4, -0.2) is 33.0 Å². The van der Waals surface area contributed by atoms with Gasteiger partial charge in [0.1, 0.15) is 0 Å². The van der Waals surface area contributed by atoms with Gasteiger partial charge in [-0.05, 0) is 18.1 Å². The Morgan fingerprint density at radius 1 is 1.11 bits per heavy atom. The average Bonchev–Trinajstić information content (AvgIpc) is 2.34. The van der Waals surface area contributed by atoms with Gasteiger partial charge >= 0.3 is 0 Å². The molecule has 0 unspecified atom stereocenters. The molecule has 0 radical (unpaired) electrons. The minimum Gasteiger partial charge on any atom is -0.382 e. The molecule has 0 spiro atoms. The SMILES string of the molecule is CC(C)COCCOCCNc1ccccc1Cl. The Hall–Kier alpha value is -0.770. The second-order valence-corrected chi connectivity index (χ2v) is 4.89. The van der Waals surface area contributed by atoms with E-state index in [1.54, 1.807) is 0 Å². The molecular formula is C14H22ClNO2. The first kappa shape index (κ1) is 15.3. The summed E-state index contributed by atoms with van der Waals surface area (Å²) >= 11 is 6.01. The molecule has 0 bridgehead atoms. The molecule has 1 rings (SSSR count). The Balaban J connectivity index is 1.98. The second kappa shape index (κ2) is 9.20. The van der Waals surface area contributed by atoms with Crippen LogP contribution in [0.25, 0.3) is 0 Å². The molecule has 0 amide bonds. The van der Waals surface area contributed by atoms with E-state index in [0.29, 0.717) is 25.7 Å². The van der Waals surface area contributed by atoms with Crippen LogP contribution in [0.15, 0.2) is 24.3 Å². The van der Waals surface area contributed by atoms with E-state index in [1.165, 1.54) is 0 Å². The number of nitrogens with one attached hydrogen (secondary N) is 1. The van der Waals surface area contributed by atoms with Crippen molar-refractivity contribution in [3.8, 4) is 0 Å². The first-order chi connectivity index (χ1) is 8.70. The van der Waals surface area contributed by atoms with Crippen LogP contribution in [0.3, 0.4) is 0 Å². The van der Waals surface area contributed by atoms with Crippen LogP contribution in [0.2, 0.25) is 5.02 Å². The van der Waals surface area contributed by atoms with Gasteiger partial charge in [-0.2, -0.15) is 0 Å². The van der Waals surface area contributed by atoms with E-state index in [0.717, 1.165) is 23.9 Å². The maximum absolute atomic E-state index is 6.01. The van der Waals surface area contributed by atoms with Crippen LogP contribution < -0.4 is 5.32 Å². The predicted octanol–water partition coefficient (Wildman–Crippen LogP) is 3.44. The molecule has 102 valence electrons. The van der Waals surface area contributed by atoms with E-state index in [4.69, 9.17) is 21.1 Å². The largest absolute Gasteiger partial charge is 0.382 e. The fourth-order valence-corrected chi connectivity index (χ4v) is 1.60. The standard InChI is InChI=1S/C14H22ClNO2/c1-12(2)11-18-10-9-17-8-7-16-14-6-4-3-5-13(14)15/h3-6,12,16H,7-11H2,1-2H3. The molecule has 3 nitrogen and oxygen atoms in total. The fourth-order valence-electron chi connectivity index (χ4n) is 1.40. The number of hydrogen-bond acceptors (Lipinski definition) is 3. The van der Waals surface area contributed by atoms with Gasteiger partial charge in [0, 0.05) is 13.2 Å². The molecule has 0 aromatic heterocycles. The van der Waals surface area contributed by atoms with Gasteiger partial charge < -0.3 is 14.8 Å². The third-order valence-electron chi connectivity index (χ3n) is 2.26. The minimum atomic E-state index is 0.576. The Kier molecular flexibility index (Phi) is 7.81. The normalized spacial score (nSPS) is 10.9. The molecule has 0 atom stereocenters. The van der Waals surface area contributed by atoms with Crippen LogP contribution in [0.4, 0.5) is 5.69 Å². The van der Waals surface area contributed by atoms with E-state index in [-0.39, 0.29) is 0 Å². The van der Waals surface area contributed by atoms with E-state index < -0.39 is 0 Å². The van der Waals surface area contributed by atoms with Gasteiger partial charge in [-0.15, -0.1) is 0 Å². The average molecular weight is 272 g/mol. The maximum atomic E-state index is 6.01. The molecule has 0 aliphatic rings. The molecule has 1 aromatic rings. The van der Waals surface area contributed by atoms with Crippen LogP contribution in [0.1, 0.15) is 13.8 Å².